The predicted molar refractivity (Wildman–Crippen MR) is 86.8 cm³/mol. The normalized spacial score (nSPS) is 11.3. The van der Waals surface area contributed by atoms with Crippen molar-refractivity contribution in [2.24, 2.45) is 0 Å². The summed E-state index contributed by atoms with van der Waals surface area (Å²) in [4.78, 5) is 41.4. The van der Waals surface area contributed by atoms with Crippen LogP contribution in [-0.4, -0.2) is 34.5 Å². The molecular weight excluding hydrogens is 384 g/mol. The van der Waals surface area contributed by atoms with Crippen LogP contribution in [0.2, 0.25) is 0 Å². The Balaban J connectivity index is 2.22. The second-order valence-corrected chi connectivity index (χ2v) is 5.54. The SMILES string of the molecule is O=[N+]([O-])c1cc([N+](=O)[O-])c2c(c1)[nH][n+]1c3cc([N+](=O)[O-])cc([N+](=O)[O-])c3nn21. The maximum atomic E-state index is 11.4. The number of aromatic nitrogens is 4. The van der Waals surface area contributed by atoms with E-state index in [9.17, 15) is 40.5 Å². The van der Waals surface area contributed by atoms with Gasteiger partial charge in [-0.25, -0.2) is 5.10 Å². The zero-order chi connectivity index (χ0) is 20.3. The largest absolute Gasteiger partial charge is 0.334 e. The van der Waals surface area contributed by atoms with Crippen LogP contribution in [0.5, 0.6) is 0 Å². The van der Waals surface area contributed by atoms with Gasteiger partial charge in [0, 0.05) is 10.7 Å². The molecule has 0 spiro atoms. The molecule has 28 heavy (non-hydrogen) atoms. The van der Waals surface area contributed by atoms with E-state index in [1.807, 2.05) is 0 Å². The van der Waals surface area contributed by atoms with Gasteiger partial charge in [0.2, 0.25) is 11.0 Å². The Kier molecular flexibility index (Phi) is 3.20. The molecule has 2 aromatic heterocycles. The number of aromatic amines is 1. The summed E-state index contributed by atoms with van der Waals surface area (Å²) >= 11 is 0. The van der Waals surface area contributed by atoms with Gasteiger partial charge in [-0.3, -0.25) is 40.5 Å². The molecule has 16 heteroatoms. The number of nitrogens with one attached hydrogen (secondary N) is 1. The second-order valence-electron chi connectivity index (χ2n) is 5.54. The number of fused-ring (bicyclic) bond motifs is 5. The highest BCUT2D eigenvalue weighted by atomic mass is 16.6. The summed E-state index contributed by atoms with van der Waals surface area (Å²) in [6.45, 7) is 0. The van der Waals surface area contributed by atoms with E-state index >= 15 is 0 Å². The van der Waals surface area contributed by atoms with E-state index < -0.39 is 42.4 Å². The van der Waals surface area contributed by atoms with E-state index in [1.165, 1.54) is 0 Å². The van der Waals surface area contributed by atoms with Gasteiger partial charge in [0.25, 0.3) is 11.4 Å². The lowest BCUT2D eigenvalue weighted by atomic mass is 10.2. The van der Waals surface area contributed by atoms with Crippen molar-refractivity contribution in [1.82, 2.24) is 14.8 Å². The van der Waals surface area contributed by atoms with Crippen LogP contribution in [0.3, 0.4) is 0 Å². The van der Waals surface area contributed by atoms with Crippen LogP contribution in [0, 0.1) is 40.5 Å². The number of hydrogen-bond donors (Lipinski definition) is 1. The van der Waals surface area contributed by atoms with E-state index in [2.05, 4.69) is 10.2 Å². The van der Waals surface area contributed by atoms with Gasteiger partial charge in [-0.15, -0.1) is 0 Å². The molecule has 4 aromatic rings. The highest BCUT2D eigenvalue weighted by Crippen LogP contribution is 2.32. The second kappa shape index (κ2) is 5.37. The summed E-state index contributed by atoms with van der Waals surface area (Å²) in [7, 11) is 0. The van der Waals surface area contributed by atoms with E-state index in [4.69, 9.17) is 0 Å². The van der Waals surface area contributed by atoms with Crippen LogP contribution in [0.15, 0.2) is 24.3 Å². The summed E-state index contributed by atoms with van der Waals surface area (Å²) in [5, 5.41) is 51.3. The third kappa shape index (κ3) is 2.18. The van der Waals surface area contributed by atoms with Crippen molar-refractivity contribution in [3.63, 3.8) is 0 Å². The summed E-state index contributed by atoms with van der Waals surface area (Å²) in [6, 6.07) is 3.45. The molecule has 1 N–H and O–H groups in total. The minimum atomic E-state index is -0.871. The molecular formula is C12H5N8O8+. The lowest BCUT2D eigenvalue weighted by molar-refractivity contribution is -0.649. The minimum Gasteiger partial charge on any atom is -0.258 e. The number of nitrogens with zero attached hydrogens (tertiary/aromatic N) is 7. The van der Waals surface area contributed by atoms with Gasteiger partial charge in [0.1, 0.15) is 5.52 Å². The highest BCUT2D eigenvalue weighted by Gasteiger charge is 2.34. The third-order valence-corrected chi connectivity index (χ3v) is 3.98. The topological polar surface area (TPSA) is 210 Å². The smallest absolute Gasteiger partial charge is 0.258 e. The first kappa shape index (κ1) is 16.7. The molecule has 0 aliphatic rings. The molecule has 16 nitrogen and oxygen atoms in total. The standard InChI is InChI=1S/C12H5N8O8/c21-17(22)5-1-7-12(10(4-5)20(27)28)16-14-11-8(15(16)13-7)2-6(18(23)24)3-9(11)19(25)26/h1-4,13H/q+1. The van der Waals surface area contributed by atoms with Gasteiger partial charge in [0.05, 0.1) is 43.0 Å². The van der Waals surface area contributed by atoms with Crippen LogP contribution >= 0.6 is 0 Å². The molecule has 0 amide bonds. The van der Waals surface area contributed by atoms with Crippen molar-refractivity contribution in [3.8, 4) is 0 Å². The minimum absolute atomic E-state index is 0.0653. The van der Waals surface area contributed by atoms with Crippen molar-refractivity contribution in [1.29, 1.82) is 0 Å². The van der Waals surface area contributed by atoms with Crippen molar-refractivity contribution in [2.45, 2.75) is 0 Å². The predicted octanol–water partition coefficient (Wildman–Crippen LogP) is 1.19. The van der Waals surface area contributed by atoms with Gasteiger partial charge < -0.3 is 0 Å². The number of benzene rings is 2. The number of H-pyrrole nitrogens is 1. The van der Waals surface area contributed by atoms with Gasteiger partial charge >= 0.3 is 16.9 Å². The highest BCUT2D eigenvalue weighted by molar-refractivity contribution is 5.88. The summed E-state index contributed by atoms with van der Waals surface area (Å²) < 4.78 is 1.88. The molecule has 0 bridgehead atoms. The number of nitro groups is 4. The fourth-order valence-corrected chi connectivity index (χ4v) is 2.86. The Hall–Kier alpha value is -4.76. The van der Waals surface area contributed by atoms with Crippen molar-refractivity contribution in [3.05, 3.63) is 64.7 Å². The maximum Gasteiger partial charge on any atom is 0.334 e. The maximum absolute atomic E-state index is 11.4. The molecule has 0 aliphatic heterocycles. The molecule has 0 atom stereocenters. The lowest BCUT2D eigenvalue weighted by Crippen LogP contribution is -2.28. The van der Waals surface area contributed by atoms with Crippen molar-refractivity contribution >= 4 is 44.8 Å². The molecule has 0 radical (unpaired) electrons. The molecule has 0 saturated heterocycles. The Morgan fingerprint density at radius 3 is 1.96 bits per heavy atom. The van der Waals surface area contributed by atoms with Crippen molar-refractivity contribution < 1.29 is 24.3 Å². The molecule has 0 saturated carbocycles. The summed E-state index contributed by atoms with van der Waals surface area (Å²) in [5.41, 5.74) is -3.16. The van der Waals surface area contributed by atoms with Crippen molar-refractivity contribution in [2.75, 3.05) is 0 Å². The van der Waals surface area contributed by atoms with E-state index in [0.29, 0.717) is 0 Å². The zero-order valence-electron chi connectivity index (χ0n) is 13.2. The lowest BCUT2D eigenvalue weighted by Gasteiger charge is -1.93. The third-order valence-electron chi connectivity index (χ3n) is 3.98. The van der Waals surface area contributed by atoms with Gasteiger partial charge in [-0.2, -0.15) is 0 Å². The molecule has 0 unspecified atom stereocenters. The monoisotopic (exact) mass is 389 g/mol. The van der Waals surface area contributed by atoms with E-state index in [0.717, 1.165) is 33.5 Å². The molecule has 0 fully saturated rings. The Labute approximate surface area is 149 Å². The van der Waals surface area contributed by atoms with Gasteiger partial charge in [-0.1, -0.05) is 0 Å². The first-order valence-corrected chi connectivity index (χ1v) is 7.21. The van der Waals surface area contributed by atoms with Crippen LogP contribution in [0.1, 0.15) is 0 Å². The molecule has 0 aliphatic carbocycles. The summed E-state index contributed by atoms with van der Waals surface area (Å²) in [5.74, 6) is 0. The van der Waals surface area contributed by atoms with Crippen LogP contribution < -0.4 is 4.63 Å². The molecule has 140 valence electrons. The quantitative estimate of drug-likeness (QED) is 0.301. The fourth-order valence-electron chi connectivity index (χ4n) is 2.86. The average Bonchev–Trinajstić information content (AvgIpc) is 3.15. The number of hydrogen-bond acceptors (Lipinski definition) is 9. The fraction of sp³-hybridized carbons (Fsp3) is 0. The van der Waals surface area contributed by atoms with Crippen LogP contribution in [0.25, 0.3) is 22.1 Å². The van der Waals surface area contributed by atoms with Crippen LogP contribution in [-0.2, 0) is 0 Å². The number of rotatable bonds is 4. The molecule has 4 rings (SSSR count). The summed E-state index contributed by atoms with van der Waals surface area (Å²) in [6.07, 6.45) is 0. The van der Waals surface area contributed by atoms with E-state index in [1.54, 1.807) is 0 Å². The first-order valence-electron chi connectivity index (χ1n) is 7.21. The average molecular weight is 389 g/mol. The Morgan fingerprint density at radius 2 is 1.39 bits per heavy atom. The Morgan fingerprint density at radius 1 is 0.821 bits per heavy atom. The van der Waals surface area contributed by atoms with E-state index in [-0.39, 0.29) is 22.1 Å². The molecule has 2 aromatic carbocycles. The first-order chi connectivity index (χ1) is 13.2. The zero-order valence-corrected chi connectivity index (χ0v) is 13.2. The number of non-ortho nitro benzene ring substituents is 4. The molecule has 2 heterocycles. The Bertz CT molecular complexity index is 1390. The number of nitro benzene ring substituents is 4. The van der Waals surface area contributed by atoms with Crippen LogP contribution in [0.4, 0.5) is 22.7 Å². The van der Waals surface area contributed by atoms with Gasteiger partial charge in [-0.05, 0) is 4.63 Å². The van der Waals surface area contributed by atoms with Gasteiger partial charge in [0.15, 0.2) is 0 Å².